The van der Waals surface area contributed by atoms with Crippen LogP contribution in [-0.2, 0) is 33.4 Å². The molecule has 0 rings (SSSR count). The molecule has 0 saturated carbocycles. The van der Waals surface area contributed by atoms with Crippen molar-refractivity contribution in [2.45, 2.75) is 207 Å². The first-order valence-electron chi connectivity index (χ1n) is 22.0. The van der Waals surface area contributed by atoms with E-state index in [1.165, 1.54) is 38.5 Å². The molecule has 0 aromatic rings. The van der Waals surface area contributed by atoms with E-state index in [0.717, 1.165) is 109 Å². The SMILES string of the molecule is CCCCCCC(CCCC)C(=O)OCCCCCCCC(=O)N[C@@H](CCN=C(N)N)C(=O)OCCCCCCOC(=O)C(CCCC)CCCCCC. The summed E-state index contributed by atoms with van der Waals surface area (Å²) >= 11 is 0. The largest absolute Gasteiger partial charge is 0.465 e. The van der Waals surface area contributed by atoms with Crippen molar-refractivity contribution in [1.29, 1.82) is 0 Å². The van der Waals surface area contributed by atoms with E-state index in [0.29, 0.717) is 32.5 Å². The molecule has 54 heavy (non-hydrogen) atoms. The molecule has 11 nitrogen and oxygen atoms in total. The van der Waals surface area contributed by atoms with E-state index in [1.807, 2.05) is 0 Å². The minimum absolute atomic E-state index is 0.00835. The summed E-state index contributed by atoms with van der Waals surface area (Å²) in [6, 6.07) is -0.829. The Labute approximate surface area is 329 Å². The third-order valence-corrected chi connectivity index (χ3v) is 9.94. The molecule has 0 aliphatic carbocycles. The number of nitrogens with zero attached hydrogens (tertiary/aromatic N) is 1. The Balaban J connectivity index is 4.38. The molecule has 3 atom stereocenters. The van der Waals surface area contributed by atoms with Crippen LogP contribution in [0.4, 0.5) is 0 Å². The molecule has 0 aliphatic rings. The molecule has 0 radical (unpaired) electrons. The fourth-order valence-electron chi connectivity index (χ4n) is 6.46. The number of rotatable bonds is 38. The zero-order chi connectivity index (χ0) is 40.1. The summed E-state index contributed by atoms with van der Waals surface area (Å²) in [6.45, 7) is 10.00. The van der Waals surface area contributed by atoms with Crippen LogP contribution >= 0.6 is 0 Å². The lowest BCUT2D eigenvalue weighted by atomic mass is 9.95. The maximum atomic E-state index is 12.9. The number of hydrogen-bond acceptors (Lipinski definition) is 8. The van der Waals surface area contributed by atoms with Crippen LogP contribution in [0.2, 0.25) is 0 Å². The molecule has 0 saturated heterocycles. The molecule has 0 aliphatic heterocycles. The van der Waals surface area contributed by atoms with Gasteiger partial charge in [-0.1, -0.05) is 124 Å². The van der Waals surface area contributed by atoms with Gasteiger partial charge in [0.15, 0.2) is 5.96 Å². The quantitative estimate of drug-likeness (QED) is 0.0182. The molecule has 0 spiro atoms. The number of carbonyl (C=O) groups excluding carboxylic acids is 4. The van der Waals surface area contributed by atoms with E-state index in [9.17, 15) is 19.2 Å². The Kier molecular flexibility index (Phi) is 35.1. The van der Waals surface area contributed by atoms with Gasteiger partial charge in [-0.05, 0) is 70.6 Å². The first-order valence-corrected chi connectivity index (χ1v) is 22.0. The lowest BCUT2D eigenvalue weighted by molar-refractivity contribution is -0.150. The van der Waals surface area contributed by atoms with Crippen molar-refractivity contribution < 1.29 is 33.4 Å². The van der Waals surface area contributed by atoms with Crippen molar-refractivity contribution in [2.75, 3.05) is 26.4 Å². The van der Waals surface area contributed by atoms with Crippen LogP contribution in [0.15, 0.2) is 4.99 Å². The minimum Gasteiger partial charge on any atom is -0.465 e. The molecule has 0 fully saturated rings. The molecule has 0 aromatic carbocycles. The monoisotopic (exact) mass is 767 g/mol. The normalized spacial score (nSPS) is 12.7. The second-order valence-electron chi connectivity index (χ2n) is 15.0. The molecule has 0 aromatic heterocycles. The number of aliphatic imine (C=N–C) groups is 1. The number of carbonyl (C=O) groups is 4. The Morgan fingerprint density at radius 2 is 0.870 bits per heavy atom. The summed E-state index contributed by atoms with van der Waals surface area (Å²) in [7, 11) is 0. The zero-order valence-electron chi connectivity index (χ0n) is 35.1. The Bertz CT molecular complexity index is 973. The highest BCUT2D eigenvalue weighted by atomic mass is 16.5. The van der Waals surface area contributed by atoms with E-state index >= 15 is 0 Å². The van der Waals surface area contributed by atoms with E-state index < -0.39 is 12.0 Å². The Morgan fingerprint density at radius 3 is 1.31 bits per heavy atom. The number of esters is 3. The van der Waals surface area contributed by atoms with E-state index in [2.05, 4.69) is 38.0 Å². The Morgan fingerprint density at radius 1 is 0.481 bits per heavy atom. The predicted octanol–water partition coefficient (Wildman–Crippen LogP) is 9.22. The molecular weight excluding hydrogens is 684 g/mol. The summed E-state index contributed by atoms with van der Waals surface area (Å²) in [4.78, 5) is 54.8. The van der Waals surface area contributed by atoms with Crippen LogP contribution in [0, 0.1) is 11.8 Å². The standard InChI is InChI=1S/C43H82N4O7/c1-5-9-13-20-28-36(26-11-7-3)40(49)52-33-23-17-15-16-22-30-39(48)47-38(31-32-46-43(44)45)42(51)54-35-25-19-18-24-34-53-41(50)37(27-12-8-4)29-21-14-10-6-2/h36-38H,5-35H2,1-4H3,(H,47,48)(H4,44,45,46)/t36?,37?,38-/m0/s1. The van der Waals surface area contributed by atoms with Gasteiger partial charge in [0.1, 0.15) is 6.04 Å². The fourth-order valence-corrected chi connectivity index (χ4v) is 6.46. The molecule has 2 unspecified atom stereocenters. The number of unbranched alkanes of at least 4 members (excludes halogenated alkanes) is 15. The summed E-state index contributed by atoms with van der Waals surface area (Å²) in [5.74, 6) is -0.846. The topological polar surface area (TPSA) is 172 Å². The van der Waals surface area contributed by atoms with Crippen LogP contribution < -0.4 is 16.8 Å². The highest BCUT2D eigenvalue weighted by molar-refractivity contribution is 5.84. The predicted molar refractivity (Wildman–Crippen MR) is 220 cm³/mol. The molecule has 1 amide bonds. The third kappa shape index (κ3) is 30.5. The molecule has 316 valence electrons. The smallest absolute Gasteiger partial charge is 0.328 e. The average Bonchev–Trinajstić information content (AvgIpc) is 3.15. The number of ether oxygens (including phenoxy) is 3. The third-order valence-electron chi connectivity index (χ3n) is 9.94. The minimum atomic E-state index is -0.829. The first-order chi connectivity index (χ1) is 26.2. The van der Waals surface area contributed by atoms with Gasteiger partial charge in [0, 0.05) is 13.0 Å². The first kappa shape index (κ1) is 51.1. The average molecular weight is 767 g/mol. The number of nitrogens with one attached hydrogen (secondary N) is 1. The van der Waals surface area contributed by atoms with Crippen molar-refractivity contribution in [2.24, 2.45) is 28.3 Å². The second-order valence-corrected chi connectivity index (χ2v) is 15.0. The maximum Gasteiger partial charge on any atom is 0.328 e. The van der Waals surface area contributed by atoms with Crippen molar-refractivity contribution in [1.82, 2.24) is 5.32 Å². The van der Waals surface area contributed by atoms with Crippen molar-refractivity contribution in [3.63, 3.8) is 0 Å². The Hall–Kier alpha value is -2.85. The number of amides is 1. The van der Waals surface area contributed by atoms with Gasteiger partial charge < -0.3 is 31.0 Å². The maximum absolute atomic E-state index is 12.9. The van der Waals surface area contributed by atoms with Gasteiger partial charge in [0.05, 0.1) is 31.7 Å². The van der Waals surface area contributed by atoms with Crippen molar-refractivity contribution >= 4 is 29.8 Å². The van der Waals surface area contributed by atoms with Gasteiger partial charge in [-0.3, -0.25) is 19.4 Å². The molecule has 11 heteroatoms. The van der Waals surface area contributed by atoms with Gasteiger partial charge >= 0.3 is 17.9 Å². The lowest BCUT2D eigenvalue weighted by Crippen LogP contribution is -2.42. The summed E-state index contributed by atoms with van der Waals surface area (Å²) in [6.07, 6.45) is 25.2. The number of guanidine groups is 1. The highest BCUT2D eigenvalue weighted by Crippen LogP contribution is 2.21. The van der Waals surface area contributed by atoms with Gasteiger partial charge in [-0.25, -0.2) is 4.79 Å². The molecular formula is C43H82N4O7. The molecule has 0 bridgehead atoms. The summed E-state index contributed by atoms with van der Waals surface area (Å²) in [5, 5.41) is 2.81. The van der Waals surface area contributed by atoms with Crippen LogP contribution in [0.1, 0.15) is 201 Å². The van der Waals surface area contributed by atoms with Crippen LogP contribution in [0.5, 0.6) is 0 Å². The lowest BCUT2D eigenvalue weighted by Gasteiger charge is -2.17. The van der Waals surface area contributed by atoms with Crippen LogP contribution in [-0.4, -0.2) is 62.2 Å². The van der Waals surface area contributed by atoms with E-state index in [1.54, 1.807) is 0 Å². The van der Waals surface area contributed by atoms with Crippen molar-refractivity contribution in [3.8, 4) is 0 Å². The fraction of sp³-hybridized carbons (Fsp3) is 0.884. The highest BCUT2D eigenvalue weighted by Gasteiger charge is 2.23. The van der Waals surface area contributed by atoms with Gasteiger partial charge in [0.2, 0.25) is 5.91 Å². The van der Waals surface area contributed by atoms with Gasteiger partial charge in [-0.2, -0.15) is 0 Å². The summed E-state index contributed by atoms with van der Waals surface area (Å²) < 4.78 is 16.7. The molecule has 5 N–H and O–H groups in total. The zero-order valence-corrected chi connectivity index (χ0v) is 35.1. The second kappa shape index (κ2) is 37.1. The van der Waals surface area contributed by atoms with Gasteiger partial charge in [0.25, 0.3) is 0 Å². The van der Waals surface area contributed by atoms with E-state index in [4.69, 9.17) is 25.7 Å². The molecule has 0 heterocycles. The van der Waals surface area contributed by atoms with Crippen LogP contribution in [0.25, 0.3) is 0 Å². The summed E-state index contributed by atoms with van der Waals surface area (Å²) in [5.41, 5.74) is 10.9. The van der Waals surface area contributed by atoms with Gasteiger partial charge in [-0.15, -0.1) is 0 Å². The number of hydrogen-bond donors (Lipinski definition) is 3. The van der Waals surface area contributed by atoms with Crippen LogP contribution in [0.3, 0.4) is 0 Å². The number of nitrogens with two attached hydrogens (primary N) is 2. The van der Waals surface area contributed by atoms with E-state index in [-0.39, 0.29) is 55.2 Å². The van der Waals surface area contributed by atoms with Crippen molar-refractivity contribution in [3.05, 3.63) is 0 Å².